The molecule has 162 valence electrons. The van der Waals surface area contributed by atoms with Crippen LogP contribution >= 0.6 is 0 Å². The average molecular weight is 421 g/mol. The molecule has 2 amide bonds. The molecule has 0 unspecified atom stereocenters. The average Bonchev–Trinajstić information content (AvgIpc) is 2.79. The molecule has 3 aliphatic heterocycles. The van der Waals surface area contributed by atoms with E-state index >= 15 is 0 Å². The van der Waals surface area contributed by atoms with Crippen LogP contribution < -0.4 is 10.2 Å². The third kappa shape index (κ3) is 3.86. The van der Waals surface area contributed by atoms with Gasteiger partial charge in [0, 0.05) is 62.2 Å². The summed E-state index contributed by atoms with van der Waals surface area (Å²) in [7, 11) is 0. The van der Waals surface area contributed by atoms with Gasteiger partial charge in [0.25, 0.3) is 0 Å². The first-order valence-electron chi connectivity index (χ1n) is 11.1. The minimum absolute atomic E-state index is 0.0544. The van der Waals surface area contributed by atoms with Crippen molar-refractivity contribution >= 4 is 17.6 Å². The van der Waals surface area contributed by atoms with Gasteiger partial charge < -0.3 is 15.1 Å². The number of rotatable bonds is 4. The first-order valence-corrected chi connectivity index (χ1v) is 11.1. The summed E-state index contributed by atoms with van der Waals surface area (Å²) < 4.78 is 0. The van der Waals surface area contributed by atoms with Crippen molar-refractivity contribution in [3.8, 4) is 0 Å². The maximum Gasteiger partial charge on any atom is 0.243 e. The zero-order valence-corrected chi connectivity index (χ0v) is 17.8. The standard InChI is InChI=1S/C23H28N6O2/c1-15-9-20(27-14-26-15)28-12-17-10-18(13-28)22(29-19(17)3-2-4-21(29)30)23(31)25-11-16-5-7-24-8-6-16/h5-9,14,17-19,22H,2-4,10-13H2,1H3,(H,25,31)/t17-,18+,19+,22-/m1/s1. The number of piperidine rings is 3. The summed E-state index contributed by atoms with van der Waals surface area (Å²) in [6.45, 7) is 3.99. The van der Waals surface area contributed by atoms with Crippen LogP contribution in [0.2, 0.25) is 0 Å². The van der Waals surface area contributed by atoms with Gasteiger partial charge in [-0.1, -0.05) is 0 Å². The molecule has 2 aromatic heterocycles. The lowest BCUT2D eigenvalue weighted by atomic mass is 9.71. The Morgan fingerprint density at radius 2 is 2.00 bits per heavy atom. The number of pyridine rings is 1. The second kappa shape index (κ2) is 8.24. The van der Waals surface area contributed by atoms with Gasteiger partial charge >= 0.3 is 0 Å². The van der Waals surface area contributed by atoms with Crippen molar-refractivity contribution in [1.29, 1.82) is 0 Å². The highest BCUT2D eigenvalue weighted by Crippen LogP contribution is 2.42. The quantitative estimate of drug-likeness (QED) is 0.810. The number of fused-ring (bicyclic) bond motifs is 4. The zero-order valence-electron chi connectivity index (χ0n) is 17.8. The predicted octanol–water partition coefficient (Wildman–Crippen LogP) is 1.70. The van der Waals surface area contributed by atoms with E-state index in [1.807, 2.05) is 30.0 Å². The minimum atomic E-state index is -0.429. The van der Waals surface area contributed by atoms with Crippen molar-refractivity contribution in [2.24, 2.45) is 11.8 Å². The monoisotopic (exact) mass is 420 g/mol. The van der Waals surface area contributed by atoms with Crippen molar-refractivity contribution < 1.29 is 9.59 Å². The molecule has 3 saturated heterocycles. The Labute approximate surface area is 182 Å². The molecule has 31 heavy (non-hydrogen) atoms. The van der Waals surface area contributed by atoms with Gasteiger partial charge in [-0.15, -0.1) is 0 Å². The van der Waals surface area contributed by atoms with E-state index in [2.05, 4.69) is 25.2 Å². The molecule has 0 aliphatic carbocycles. The summed E-state index contributed by atoms with van der Waals surface area (Å²) in [4.78, 5) is 43.3. The van der Waals surface area contributed by atoms with E-state index in [-0.39, 0.29) is 23.8 Å². The zero-order chi connectivity index (χ0) is 21.4. The number of amides is 2. The van der Waals surface area contributed by atoms with Gasteiger partial charge in [-0.3, -0.25) is 14.6 Å². The second-order valence-electron chi connectivity index (χ2n) is 8.96. The molecule has 2 bridgehead atoms. The Morgan fingerprint density at radius 1 is 1.19 bits per heavy atom. The highest BCUT2D eigenvalue weighted by atomic mass is 16.2. The number of carbonyl (C=O) groups is 2. The lowest BCUT2D eigenvalue weighted by molar-refractivity contribution is -0.156. The number of aromatic nitrogens is 3. The first kappa shape index (κ1) is 19.9. The number of carbonyl (C=O) groups excluding carboxylic acids is 2. The molecule has 8 heteroatoms. The van der Waals surface area contributed by atoms with Crippen LogP contribution in [0.25, 0.3) is 0 Å². The summed E-state index contributed by atoms with van der Waals surface area (Å²) in [5.74, 6) is 1.43. The summed E-state index contributed by atoms with van der Waals surface area (Å²) in [5, 5.41) is 3.08. The lowest BCUT2D eigenvalue weighted by Crippen LogP contribution is -2.68. The lowest BCUT2D eigenvalue weighted by Gasteiger charge is -2.56. The summed E-state index contributed by atoms with van der Waals surface area (Å²) in [6.07, 6.45) is 8.43. The van der Waals surface area contributed by atoms with Crippen LogP contribution in [0, 0.1) is 18.8 Å². The predicted molar refractivity (Wildman–Crippen MR) is 115 cm³/mol. The molecular formula is C23H28N6O2. The number of hydrogen-bond donors (Lipinski definition) is 1. The third-order valence-corrected chi connectivity index (χ3v) is 6.94. The second-order valence-corrected chi connectivity index (χ2v) is 8.96. The molecule has 5 heterocycles. The largest absolute Gasteiger partial charge is 0.356 e. The molecule has 3 aliphatic rings. The summed E-state index contributed by atoms with van der Waals surface area (Å²) >= 11 is 0. The van der Waals surface area contributed by atoms with Gasteiger partial charge in [0.1, 0.15) is 18.2 Å². The maximum atomic E-state index is 13.4. The number of hydrogen-bond acceptors (Lipinski definition) is 6. The fourth-order valence-corrected chi connectivity index (χ4v) is 5.59. The molecule has 4 atom stereocenters. The maximum absolute atomic E-state index is 13.4. The van der Waals surface area contributed by atoms with Gasteiger partial charge in [-0.05, 0) is 49.8 Å². The van der Waals surface area contributed by atoms with E-state index in [1.165, 1.54) is 0 Å². The molecule has 0 saturated carbocycles. The van der Waals surface area contributed by atoms with Gasteiger partial charge in [0.05, 0.1) is 0 Å². The third-order valence-electron chi connectivity index (χ3n) is 6.94. The van der Waals surface area contributed by atoms with E-state index < -0.39 is 6.04 Å². The highest BCUT2D eigenvalue weighted by Gasteiger charge is 2.52. The smallest absolute Gasteiger partial charge is 0.243 e. The minimum Gasteiger partial charge on any atom is -0.356 e. The topological polar surface area (TPSA) is 91.3 Å². The van der Waals surface area contributed by atoms with Gasteiger partial charge in [0.15, 0.2) is 0 Å². The number of nitrogens with zero attached hydrogens (tertiary/aromatic N) is 5. The van der Waals surface area contributed by atoms with Crippen LogP contribution in [0.15, 0.2) is 36.9 Å². The summed E-state index contributed by atoms with van der Waals surface area (Å²) in [5.41, 5.74) is 1.93. The molecule has 8 nitrogen and oxygen atoms in total. The van der Waals surface area contributed by atoms with Crippen LogP contribution in [0.5, 0.6) is 0 Å². The molecule has 0 aromatic carbocycles. The van der Waals surface area contributed by atoms with Crippen molar-refractivity contribution in [2.75, 3.05) is 18.0 Å². The van der Waals surface area contributed by atoms with Crippen molar-refractivity contribution in [1.82, 2.24) is 25.2 Å². The van der Waals surface area contributed by atoms with E-state index in [1.54, 1.807) is 18.7 Å². The molecule has 0 spiro atoms. The van der Waals surface area contributed by atoms with Crippen molar-refractivity contribution in [2.45, 2.75) is 51.2 Å². The Kier molecular flexibility index (Phi) is 5.29. The molecule has 3 fully saturated rings. The van der Waals surface area contributed by atoms with Crippen LogP contribution in [0.3, 0.4) is 0 Å². The Balaban J connectivity index is 1.41. The van der Waals surface area contributed by atoms with E-state index in [0.29, 0.717) is 18.9 Å². The van der Waals surface area contributed by atoms with Crippen LogP contribution in [0.4, 0.5) is 5.82 Å². The molecule has 5 rings (SSSR count). The van der Waals surface area contributed by atoms with Crippen LogP contribution in [0.1, 0.15) is 36.9 Å². The Hall–Kier alpha value is -3.03. The van der Waals surface area contributed by atoms with Gasteiger partial charge in [-0.25, -0.2) is 9.97 Å². The highest BCUT2D eigenvalue weighted by molar-refractivity contribution is 5.89. The fourth-order valence-electron chi connectivity index (χ4n) is 5.59. The number of aryl methyl sites for hydroxylation is 1. The van der Waals surface area contributed by atoms with Gasteiger partial charge in [-0.2, -0.15) is 0 Å². The van der Waals surface area contributed by atoms with Crippen LogP contribution in [-0.4, -0.2) is 56.8 Å². The van der Waals surface area contributed by atoms with E-state index in [9.17, 15) is 9.59 Å². The Morgan fingerprint density at radius 3 is 2.81 bits per heavy atom. The number of nitrogens with one attached hydrogen (secondary N) is 1. The molecular weight excluding hydrogens is 392 g/mol. The van der Waals surface area contributed by atoms with Crippen molar-refractivity contribution in [3.05, 3.63) is 48.2 Å². The normalized spacial score (nSPS) is 27.6. The fraction of sp³-hybridized carbons (Fsp3) is 0.522. The number of anilines is 1. The molecule has 0 radical (unpaired) electrons. The summed E-state index contributed by atoms with van der Waals surface area (Å²) in [6, 6.07) is 5.49. The van der Waals surface area contributed by atoms with E-state index in [0.717, 1.165) is 49.4 Å². The molecule has 1 N–H and O–H groups in total. The van der Waals surface area contributed by atoms with Crippen LogP contribution in [-0.2, 0) is 16.1 Å². The molecule has 2 aromatic rings. The van der Waals surface area contributed by atoms with Gasteiger partial charge in [0.2, 0.25) is 11.8 Å². The Bertz CT molecular complexity index is 968. The van der Waals surface area contributed by atoms with Crippen molar-refractivity contribution in [3.63, 3.8) is 0 Å². The van der Waals surface area contributed by atoms with E-state index in [4.69, 9.17) is 0 Å². The SMILES string of the molecule is Cc1cc(N2C[C@H]3C[C@@H](C2)[C@H](C(=O)NCc2ccncc2)N2C(=O)CCC[C@@H]32)ncn1. The first-order chi connectivity index (χ1) is 15.1.